The second-order valence-corrected chi connectivity index (χ2v) is 4.31. The fourth-order valence-electron chi connectivity index (χ4n) is 2.28. The van der Waals surface area contributed by atoms with Crippen LogP contribution >= 0.6 is 0 Å². The minimum atomic E-state index is 0. The van der Waals surface area contributed by atoms with Crippen molar-refractivity contribution in [1.82, 2.24) is 5.10 Å². The number of hydrogen-bond acceptors (Lipinski definition) is 1. The lowest BCUT2D eigenvalue weighted by atomic mass is 10.0. The number of rotatable bonds is 1. The lowest BCUT2D eigenvalue weighted by Gasteiger charge is -2.07. The molecule has 0 aliphatic carbocycles. The molecule has 86 valence electrons. The molecular weight excluding hydrogens is 311 g/mol. The summed E-state index contributed by atoms with van der Waals surface area (Å²) in [6, 6.07) is 8.31. The Bertz CT molecular complexity index is 507. The number of benzene rings is 1. The van der Waals surface area contributed by atoms with Crippen molar-refractivity contribution in [2.24, 2.45) is 7.05 Å². The summed E-state index contributed by atoms with van der Waals surface area (Å²) in [4.78, 5) is 0. The van der Waals surface area contributed by atoms with Crippen molar-refractivity contribution in [3.05, 3.63) is 35.5 Å². The van der Waals surface area contributed by atoms with Crippen LogP contribution in [0, 0.1) is 6.92 Å². The summed E-state index contributed by atoms with van der Waals surface area (Å²) in [6.07, 6.45) is 0. The van der Waals surface area contributed by atoms with Crippen LogP contribution in [0.2, 0.25) is 0 Å². The van der Waals surface area contributed by atoms with E-state index in [1.165, 1.54) is 16.6 Å². The summed E-state index contributed by atoms with van der Waals surface area (Å²) in [6.45, 7) is 6.59. The molecule has 16 heavy (non-hydrogen) atoms. The molecule has 0 atom stereocenters. The van der Waals surface area contributed by atoms with Gasteiger partial charge in [-0.25, -0.2) is 0 Å². The topological polar surface area (TPSA) is 16.8 Å². The van der Waals surface area contributed by atoms with Gasteiger partial charge in [0.25, 0.3) is 0 Å². The molecule has 2 rings (SSSR count). The minimum absolute atomic E-state index is 0. The number of halogens is 1. The third-order valence-electron chi connectivity index (χ3n) is 2.85. The maximum atomic E-state index is 4.57. The van der Waals surface area contributed by atoms with Gasteiger partial charge in [-0.15, -0.1) is 0 Å². The summed E-state index contributed by atoms with van der Waals surface area (Å²) in [5.74, 6) is 0.507. The maximum Gasteiger partial charge on any atom is 0.214 e. The largest absolute Gasteiger partial charge is 1.00 e. The molecule has 0 fully saturated rings. The fraction of sp³-hybridized carbons (Fsp3) is 0.385. The predicted molar refractivity (Wildman–Crippen MR) is 61.7 cm³/mol. The third kappa shape index (κ3) is 2.19. The Balaban J connectivity index is 0.00000128. The first-order valence-electron chi connectivity index (χ1n) is 5.37. The number of hydrogen-bond donors (Lipinski definition) is 0. The average molecular weight is 328 g/mol. The molecule has 0 saturated carbocycles. The van der Waals surface area contributed by atoms with E-state index in [9.17, 15) is 0 Å². The number of nitrogens with zero attached hydrogens (tertiary/aromatic N) is 2. The van der Waals surface area contributed by atoms with Gasteiger partial charge in [-0.3, -0.25) is 0 Å². The van der Waals surface area contributed by atoms with Gasteiger partial charge in [-0.05, 0) is 13.0 Å². The van der Waals surface area contributed by atoms with Crippen molar-refractivity contribution in [2.45, 2.75) is 26.7 Å². The quantitative estimate of drug-likeness (QED) is 0.509. The molecule has 0 aliphatic rings. The van der Waals surface area contributed by atoms with Gasteiger partial charge in [-0.1, -0.05) is 36.7 Å². The summed E-state index contributed by atoms with van der Waals surface area (Å²) in [7, 11) is 2.02. The summed E-state index contributed by atoms with van der Waals surface area (Å²) < 4.78 is 2.00. The van der Waals surface area contributed by atoms with E-state index >= 15 is 0 Å². The Morgan fingerprint density at radius 1 is 1.19 bits per heavy atom. The second kappa shape index (κ2) is 5.08. The molecule has 0 spiro atoms. The molecule has 0 N–H and O–H groups in total. The normalized spacial score (nSPS) is 10.6. The average Bonchev–Trinajstić information content (AvgIpc) is 2.17. The van der Waals surface area contributed by atoms with Gasteiger partial charge in [0.2, 0.25) is 5.69 Å². The van der Waals surface area contributed by atoms with Crippen molar-refractivity contribution in [3.63, 3.8) is 0 Å². The summed E-state index contributed by atoms with van der Waals surface area (Å²) in [5, 5.41) is 5.84. The zero-order chi connectivity index (χ0) is 11.0. The van der Waals surface area contributed by atoms with Crippen LogP contribution in [0.3, 0.4) is 0 Å². The maximum absolute atomic E-state index is 4.57. The van der Waals surface area contributed by atoms with Gasteiger partial charge < -0.3 is 24.0 Å². The van der Waals surface area contributed by atoms with E-state index < -0.39 is 0 Å². The van der Waals surface area contributed by atoms with Crippen LogP contribution in [0.1, 0.15) is 31.0 Å². The molecule has 1 heterocycles. The zero-order valence-corrected chi connectivity index (χ0v) is 12.3. The molecule has 1 aromatic carbocycles. The van der Waals surface area contributed by atoms with Crippen molar-refractivity contribution < 1.29 is 28.7 Å². The Hall–Kier alpha value is -0.710. The van der Waals surface area contributed by atoms with E-state index in [0.29, 0.717) is 5.92 Å². The second-order valence-electron chi connectivity index (χ2n) is 4.31. The number of aryl methyl sites for hydroxylation is 2. The van der Waals surface area contributed by atoms with Crippen LogP contribution in [0.5, 0.6) is 0 Å². The van der Waals surface area contributed by atoms with E-state index in [1.807, 2.05) is 17.8 Å². The number of aromatic nitrogens is 2. The Kier molecular flexibility index (Phi) is 4.24. The van der Waals surface area contributed by atoms with Gasteiger partial charge in [0.05, 0.1) is 0 Å². The van der Waals surface area contributed by atoms with Gasteiger partial charge in [-0.2, -0.15) is 0 Å². The molecule has 2 aromatic rings. The Morgan fingerprint density at radius 2 is 1.81 bits per heavy atom. The van der Waals surface area contributed by atoms with Crippen LogP contribution < -0.4 is 28.7 Å². The Morgan fingerprint density at radius 3 is 2.44 bits per heavy atom. The van der Waals surface area contributed by atoms with Crippen LogP contribution in [0.25, 0.3) is 10.9 Å². The SMILES string of the molecule is Cc1c(C(C)C)[n+](C)nc2ccccc12.[I-]. The highest BCUT2D eigenvalue weighted by atomic mass is 127. The Labute approximate surface area is 114 Å². The molecule has 1 aromatic heterocycles. The molecule has 0 radical (unpaired) electrons. The summed E-state index contributed by atoms with van der Waals surface area (Å²) in [5.41, 5.74) is 3.73. The molecule has 0 amide bonds. The molecule has 3 heteroatoms. The van der Waals surface area contributed by atoms with Gasteiger partial charge in [0.15, 0.2) is 7.05 Å². The predicted octanol–water partition coefficient (Wildman–Crippen LogP) is -0.505. The first-order valence-corrected chi connectivity index (χ1v) is 5.37. The van der Waals surface area contributed by atoms with E-state index in [0.717, 1.165) is 5.52 Å². The van der Waals surface area contributed by atoms with Gasteiger partial charge in [0, 0.05) is 22.0 Å². The van der Waals surface area contributed by atoms with E-state index in [2.05, 4.69) is 44.1 Å². The van der Waals surface area contributed by atoms with Crippen LogP contribution in [-0.2, 0) is 7.05 Å². The highest BCUT2D eigenvalue weighted by molar-refractivity contribution is 5.81. The molecule has 2 nitrogen and oxygen atoms in total. The van der Waals surface area contributed by atoms with Crippen LogP contribution in [-0.4, -0.2) is 5.10 Å². The third-order valence-corrected chi connectivity index (χ3v) is 2.85. The summed E-state index contributed by atoms with van der Waals surface area (Å²) >= 11 is 0. The molecule has 0 aliphatic heterocycles. The molecule has 0 bridgehead atoms. The molecule has 0 unspecified atom stereocenters. The highest BCUT2D eigenvalue weighted by Crippen LogP contribution is 2.21. The lowest BCUT2D eigenvalue weighted by Crippen LogP contribution is -3.00. The fourth-order valence-corrected chi connectivity index (χ4v) is 2.28. The van der Waals surface area contributed by atoms with Gasteiger partial charge in [0.1, 0.15) is 5.52 Å². The smallest absolute Gasteiger partial charge is 0.214 e. The van der Waals surface area contributed by atoms with Crippen LogP contribution in [0.15, 0.2) is 24.3 Å². The monoisotopic (exact) mass is 328 g/mol. The zero-order valence-electron chi connectivity index (χ0n) is 10.2. The highest BCUT2D eigenvalue weighted by Gasteiger charge is 2.19. The van der Waals surface area contributed by atoms with Crippen LogP contribution in [0.4, 0.5) is 0 Å². The molecular formula is C13H17IN2. The molecule has 0 saturated heterocycles. The van der Waals surface area contributed by atoms with E-state index in [1.54, 1.807) is 0 Å². The van der Waals surface area contributed by atoms with E-state index in [-0.39, 0.29) is 24.0 Å². The first-order chi connectivity index (χ1) is 7.11. The number of fused-ring (bicyclic) bond motifs is 1. The standard InChI is InChI=1S/C13H17N2.HI/c1-9(2)13-10(3)11-7-5-6-8-12(11)14-15(13)4;/h5-9H,1-4H3;1H/q+1;/p-1. The van der Waals surface area contributed by atoms with E-state index in [4.69, 9.17) is 0 Å². The lowest BCUT2D eigenvalue weighted by molar-refractivity contribution is -0.736. The van der Waals surface area contributed by atoms with Crippen molar-refractivity contribution in [2.75, 3.05) is 0 Å². The van der Waals surface area contributed by atoms with Crippen molar-refractivity contribution in [1.29, 1.82) is 0 Å². The minimum Gasteiger partial charge on any atom is -1.00 e. The van der Waals surface area contributed by atoms with Crippen molar-refractivity contribution >= 4 is 10.9 Å². The van der Waals surface area contributed by atoms with Gasteiger partial charge >= 0.3 is 0 Å². The van der Waals surface area contributed by atoms with Crippen molar-refractivity contribution in [3.8, 4) is 0 Å². The first kappa shape index (κ1) is 13.4.